The molecule has 1 fully saturated rings. The van der Waals surface area contributed by atoms with Gasteiger partial charge in [0, 0.05) is 36.6 Å². The summed E-state index contributed by atoms with van der Waals surface area (Å²) in [7, 11) is -3.48. The number of aromatic amines is 1. The second-order valence-electron chi connectivity index (χ2n) is 7.03. The fraction of sp³-hybridized carbons (Fsp3) is 0.389. The van der Waals surface area contributed by atoms with Crippen LogP contribution in [0.2, 0.25) is 5.02 Å². The summed E-state index contributed by atoms with van der Waals surface area (Å²) in [5.74, 6) is -0.239. The number of anilines is 2. The fourth-order valence-corrected chi connectivity index (χ4v) is 4.19. The number of aromatic nitrogens is 2. The Morgan fingerprint density at radius 1 is 1.21 bits per heavy atom. The molecule has 3 rings (SSSR count). The molecule has 0 aliphatic carbocycles. The van der Waals surface area contributed by atoms with Gasteiger partial charge >= 0.3 is 0 Å². The van der Waals surface area contributed by atoms with Crippen molar-refractivity contribution in [3.63, 3.8) is 0 Å². The number of hydrogen-bond donors (Lipinski definition) is 3. The van der Waals surface area contributed by atoms with Gasteiger partial charge < -0.3 is 10.2 Å². The van der Waals surface area contributed by atoms with Crippen LogP contribution >= 0.6 is 11.6 Å². The first-order valence-corrected chi connectivity index (χ1v) is 11.3. The van der Waals surface area contributed by atoms with Gasteiger partial charge in [-0.1, -0.05) is 11.6 Å². The molecule has 0 spiro atoms. The van der Waals surface area contributed by atoms with Gasteiger partial charge in [0.2, 0.25) is 15.9 Å². The maximum absolute atomic E-state index is 12.8. The number of sulfonamides is 1. The quantitative estimate of drug-likeness (QED) is 0.659. The van der Waals surface area contributed by atoms with E-state index in [9.17, 15) is 18.0 Å². The zero-order valence-electron chi connectivity index (χ0n) is 16.0. The molecule has 1 aliphatic rings. The molecule has 1 aromatic carbocycles. The van der Waals surface area contributed by atoms with Crippen LogP contribution in [0.4, 0.5) is 11.4 Å². The minimum Gasteiger partial charge on any atom is -0.343 e. The molecule has 0 atom stereocenters. The molecule has 2 heterocycles. The van der Waals surface area contributed by atoms with Gasteiger partial charge in [-0.3, -0.25) is 19.4 Å². The highest BCUT2D eigenvalue weighted by atomic mass is 35.5. The maximum atomic E-state index is 12.8. The average Bonchev–Trinajstić information content (AvgIpc) is 3.09. The number of likely N-dealkylation sites (tertiary alicyclic amines) is 1. The Morgan fingerprint density at radius 3 is 2.48 bits per heavy atom. The number of rotatable bonds is 5. The number of benzene rings is 1. The SMILES string of the molecule is CC(=O)N1CCC(c2[nH]ncc2C(=O)Nc2cc(Cl)cc(NS(C)(=O)=O)c2)CC1. The third-order valence-electron chi connectivity index (χ3n) is 4.72. The number of hydrogen-bond acceptors (Lipinski definition) is 5. The number of piperidine rings is 1. The Balaban J connectivity index is 1.75. The van der Waals surface area contributed by atoms with E-state index in [1.165, 1.54) is 24.4 Å². The van der Waals surface area contributed by atoms with Gasteiger partial charge in [0.1, 0.15) is 0 Å². The van der Waals surface area contributed by atoms with E-state index >= 15 is 0 Å². The van der Waals surface area contributed by atoms with E-state index in [4.69, 9.17) is 11.6 Å². The van der Waals surface area contributed by atoms with Gasteiger partial charge in [0.25, 0.3) is 5.91 Å². The summed E-state index contributed by atoms with van der Waals surface area (Å²) in [5, 5.41) is 9.93. The molecule has 2 aromatic rings. The van der Waals surface area contributed by atoms with E-state index in [1.807, 2.05) is 0 Å². The molecule has 9 nitrogen and oxygen atoms in total. The van der Waals surface area contributed by atoms with Crippen LogP contribution in [0.5, 0.6) is 0 Å². The number of carbonyl (C=O) groups is 2. The summed E-state index contributed by atoms with van der Waals surface area (Å²) in [4.78, 5) is 26.1. The monoisotopic (exact) mass is 439 g/mol. The van der Waals surface area contributed by atoms with Crippen LogP contribution in [-0.2, 0) is 14.8 Å². The van der Waals surface area contributed by atoms with Crippen LogP contribution in [-0.4, -0.2) is 54.7 Å². The molecule has 1 aromatic heterocycles. The van der Waals surface area contributed by atoms with Crippen molar-refractivity contribution in [2.75, 3.05) is 29.4 Å². The molecule has 29 heavy (non-hydrogen) atoms. The molecule has 11 heteroatoms. The minimum absolute atomic E-state index is 0.0468. The van der Waals surface area contributed by atoms with Crippen molar-refractivity contribution in [3.8, 4) is 0 Å². The smallest absolute Gasteiger partial charge is 0.259 e. The largest absolute Gasteiger partial charge is 0.343 e. The predicted molar refractivity (Wildman–Crippen MR) is 111 cm³/mol. The third-order valence-corrected chi connectivity index (χ3v) is 5.55. The molecule has 0 bridgehead atoms. The molecular weight excluding hydrogens is 418 g/mol. The van der Waals surface area contributed by atoms with Gasteiger partial charge in [0.05, 0.1) is 29.4 Å². The molecule has 0 unspecified atom stereocenters. The Kier molecular flexibility index (Phi) is 6.13. The summed E-state index contributed by atoms with van der Waals surface area (Å²) in [6, 6.07) is 4.46. The molecule has 0 saturated carbocycles. The molecule has 1 aliphatic heterocycles. The van der Waals surface area contributed by atoms with E-state index in [-0.39, 0.29) is 28.4 Å². The topological polar surface area (TPSA) is 124 Å². The second kappa shape index (κ2) is 8.42. The van der Waals surface area contributed by atoms with Crippen molar-refractivity contribution in [1.82, 2.24) is 15.1 Å². The van der Waals surface area contributed by atoms with Gasteiger partial charge in [-0.15, -0.1) is 0 Å². The number of carbonyl (C=O) groups excluding carboxylic acids is 2. The minimum atomic E-state index is -3.48. The molecule has 0 radical (unpaired) electrons. The zero-order valence-corrected chi connectivity index (χ0v) is 17.6. The predicted octanol–water partition coefficient (Wildman–Crippen LogP) is 2.41. The van der Waals surface area contributed by atoms with Crippen molar-refractivity contribution in [1.29, 1.82) is 0 Å². The van der Waals surface area contributed by atoms with Crippen molar-refractivity contribution in [3.05, 3.63) is 40.7 Å². The molecule has 156 valence electrons. The van der Waals surface area contributed by atoms with Crippen molar-refractivity contribution >= 4 is 44.8 Å². The first kappa shape index (κ1) is 21.1. The summed E-state index contributed by atoms with van der Waals surface area (Å²) >= 11 is 6.04. The Labute approximate surface area is 173 Å². The summed E-state index contributed by atoms with van der Waals surface area (Å²) in [6.45, 7) is 2.82. The van der Waals surface area contributed by atoms with Gasteiger partial charge in [-0.2, -0.15) is 5.10 Å². The Morgan fingerprint density at radius 2 is 1.86 bits per heavy atom. The lowest BCUT2D eigenvalue weighted by atomic mass is 9.91. The van der Waals surface area contributed by atoms with E-state index in [1.54, 1.807) is 11.8 Å². The maximum Gasteiger partial charge on any atom is 0.259 e. The standard InChI is InChI=1S/C18H22ClN5O4S/c1-11(25)24-5-3-12(4-6-24)17-16(10-20-22-17)18(26)21-14-7-13(19)8-15(9-14)23-29(2,27)28/h7-10,12,23H,3-6H2,1-2H3,(H,20,22)(H,21,26). The van der Waals surface area contributed by atoms with E-state index in [0.29, 0.717) is 24.3 Å². The molecule has 2 amide bonds. The van der Waals surface area contributed by atoms with Crippen LogP contribution in [0.3, 0.4) is 0 Å². The highest BCUT2D eigenvalue weighted by Crippen LogP contribution is 2.30. The number of nitrogens with zero attached hydrogens (tertiary/aromatic N) is 2. The zero-order chi connectivity index (χ0) is 21.2. The summed E-state index contributed by atoms with van der Waals surface area (Å²) in [6.07, 6.45) is 3.97. The number of halogens is 1. The van der Waals surface area contributed by atoms with Crippen LogP contribution in [0.25, 0.3) is 0 Å². The van der Waals surface area contributed by atoms with Crippen molar-refractivity contribution < 1.29 is 18.0 Å². The fourth-order valence-electron chi connectivity index (χ4n) is 3.40. The molecule has 3 N–H and O–H groups in total. The summed E-state index contributed by atoms with van der Waals surface area (Å²) < 4.78 is 25.2. The van der Waals surface area contributed by atoms with E-state index in [2.05, 4.69) is 20.2 Å². The van der Waals surface area contributed by atoms with Gasteiger partial charge in [0.15, 0.2) is 0 Å². The first-order chi connectivity index (χ1) is 13.6. The van der Waals surface area contributed by atoms with Crippen LogP contribution < -0.4 is 10.0 Å². The molecule has 1 saturated heterocycles. The Bertz CT molecular complexity index is 1030. The van der Waals surface area contributed by atoms with Crippen LogP contribution in [0.1, 0.15) is 41.7 Å². The lowest BCUT2D eigenvalue weighted by Crippen LogP contribution is -2.36. The van der Waals surface area contributed by atoms with Gasteiger partial charge in [-0.25, -0.2) is 8.42 Å². The lowest BCUT2D eigenvalue weighted by Gasteiger charge is -2.31. The first-order valence-electron chi connectivity index (χ1n) is 9.01. The third kappa shape index (κ3) is 5.48. The highest BCUT2D eigenvalue weighted by Gasteiger charge is 2.27. The van der Waals surface area contributed by atoms with Crippen LogP contribution in [0, 0.1) is 0 Å². The van der Waals surface area contributed by atoms with E-state index < -0.39 is 10.0 Å². The van der Waals surface area contributed by atoms with Crippen molar-refractivity contribution in [2.45, 2.75) is 25.7 Å². The lowest BCUT2D eigenvalue weighted by molar-refractivity contribution is -0.129. The van der Waals surface area contributed by atoms with Crippen LogP contribution in [0.15, 0.2) is 24.4 Å². The van der Waals surface area contributed by atoms with E-state index in [0.717, 1.165) is 24.8 Å². The van der Waals surface area contributed by atoms with Gasteiger partial charge in [-0.05, 0) is 31.0 Å². The highest BCUT2D eigenvalue weighted by molar-refractivity contribution is 7.92. The number of H-pyrrole nitrogens is 1. The molecular formula is C18H22ClN5O4S. The number of nitrogens with one attached hydrogen (secondary N) is 3. The summed E-state index contributed by atoms with van der Waals surface area (Å²) in [5.41, 5.74) is 1.73. The number of amides is 2. The second-order valence-corrected chi connectivity index (χ2v) is 9.22. The van der Waals surface area contributed by atoms with Crippen molar-refractivity contribution in [2.24, 2.45) is 0 Å². The average molecular weight is 440 g/mol. The normalized spacial score (nSPS) is 15.2. The Hall–Kier alpha value is -2.59.